The molecule has 1 fully saturated rings. The Labute approximate surface area is 86.7 Å². The number of hydrogen-bond donors (Lipinski definition) is 1. The van der Waals surface area contributed by atoms with Crippen molar-refractivity contribution in [3.8, 4) is 0 Å². The number of aliphatic hydroxyl groups excluding tert-OH is 1. The third-order valence-corrected chi connectivity index (χ3v) is 2.84. The Morgan fingerprint density at radius 1 is 1.47 bits per heavy atom. The van der Waals surface area contributed by atoms with Gasteiger partial charge < -0.3 is 5.11 Å². The van der Waals surface area contributed by atoms with Gasteiger partial charge in [-0.15, -0.1) is 0 Å². The molecular formula is C9H13N3O3. The average Bonchev–Trinajstić information content (AvgIpc) is 2.68. The molecule has 0 bridgehead atoms. The molecule has 1 N–H and O–H groups in total. The van der Waals surface area contributed by atoms with Crippen molar-refractivity contribution in [2.75, 3.05) is 0 Å². The number of aromatic nitrogens is 2. The summed E-state index contributed by atoms with van der Waals surface area (Å²) in [6.07, 6.45) is 5.68. The fraction of sp³-hybridized carbons (Fsp3) is 0.667. The maximum absolute atomic E-state index is 10.5. The molecule has 1 aliphatic carbocycles. The second-order valence-electron chi connectivity index (χ2n) is 3.90. The summed E-state index contributed by atoms with van der Waals surface area (Å²) in [4.78, 5) is 10.0. The highest BCUT2D eigenvalue weighted by molar-refractivity contribution is 5.21. The van der Waals surface area contributed by atoms with Gasteiger partial charge in [-0.05, 0) is 25.7 Å². The Kier molecular flexibility index (Phi) is 2.68. The van der Waals surface area contributed by atoms with Gasteiger partial charge in [0.25, 0.3) is 0 Å². The van der Waals surface area contributed by atoms with Gasteiger partial charge in [-0.3, -0.25) is 14.8 Å². The van der Waals surface area contributed by atoms with Gasteiger partial charge in [-0.25, -0.2) is 0 Å². The van der Waals surface area contributed by atoms with E-state index in [2.05, 4.69) is 5.10 Å². The summed E-state index contributed by atoms with van der Waals surface area (Å²) >= 11 is 0. The number of nitrogens with zero attached hydrogens (tertiary/aromatic N) is 3. The molecule has 0 amide bonds. The molecule has 0 spiro atoms. The van der Waals surface area contributed by atoms with E-state index in [4.69, 9.17) is 0 Å². The van der Waals surface area contributed by atoms with Gasteiger partial charge in [0.2, 0.25) is 0 Å². The van der Waals surface area contributed by atoms with E-state index in [-0.39, 0.29) is 17.8 Å². The molecule has 1 aliphatic rings. The van der Waals surface area contributed by atoms with Crippen molar-refractivity contribution in [1.82, 2.24) is 9.78 Å². The molecule has 1 heterocycles. The van der Waals surface area contributed by atoms with Crippen LogP contribution < -0.4 is 0 Å². The van der Waals surface area contributed by atoms with E-state index >= 15 is 0 Å². The SMILES string of the molecule is O=[N+]([O-])c1cnn([C@H]2CC[C@H](O)CC2)c1. The summed E-state index contributed by atoms with van der Waals surface area (Å²) in [6.45, 7) is 0. The molecule has 0 saturated heterocycles. The summed E-state index contributed by atoms with van der Waals surface area (Å²) in [5.41, 5.74) is 0.0288. The molecule has 82 valence electrons. The van der Waals surface area contributed by atoms with Gasteiger partial charge in [-0.1, -0.05) is 0 Å². The van der Waals surface area contributed by atoms with Crippen LogP contribution in [0.15, 0.2) is 12.4 Å². The first-order valence-electron chi connectivity index (χ1n) is 5.03. The van der Waals surface area contributed by atoms with E-state index in [9.17, 15) is 15.2 Å². The lowest BCUT2D eigenvalue weighted by Crippen LogP contribution is -2.21. The normalized spacial score (nSPS) is 26.5. The Morgan fingerprint density at radius 3 is 2.67 bits per heavy atom. The highest BCUT2D eigenvalue weighted by Gasteiger charge is 2.22. The first-order valence-corrected chi connectivity index (χ1v) is 5.03. The Hall–Kier alpha value is -1.43. The fourth-order valence-corrected chi connectivity index (χ4v) is 1.94. The first-order chi connectivity index (χ1) is 7.16. The van der Waals surface area contributed by atoms with Crippen LogP contribution in [0.1, 0.15) is 31.7 Å². The molecule has 6 nitrogen and oxygen atoms in total. The van der Waals surface area contributed by atoms with E-state index < -0.39 is 4.92 Å². The van der Waals surface area contributed by atoms with Crippen LogP contribution in [0.25, 0.3) is 0 Å². The fourth-order valence-electron chi connectivity index (χ4n) is 1.94. The van der Waals surface area contributed by atoms with Crippen LogP contribution in [0.4, 0.5) is 5.69 Å². The van der Waals surface area contributed by atoms with E-state index in [1.807, 2.05) is 0 Å². The monoisotopic (exact) mass is 211 g/mol. The van der Waals surface area contributed by atoms with Crippen molar-refractivity contribution in [2.24, 2.45) is 0 Å². The second-order valence-corrected chi connectivity index (χ2v) is 3.90. The summed E-state index contributed by atoms with van der Waals surface area (Å²) in [6, 6.07) is 0.196. The zero-order chi connectivity index (χ0) is 10.8. The first kappa shape index (κ1) is 10.1. The third-order valence-electron chi connectivity index (χ3n) is 2.84. The quantitative estimate of drug-likeness (QED) is 0.590. The van der Waals surface area contributed by atoms with Crippen LogP contribution in [0.2, 0.25) is 0 Å². The summed E-state index contributed by atoms with van der Waals surface area (Å²) in [5.74, 6) is 0. The van der Waals surface area contributed by atoms with Crippen LogP contribution >= 0.6 is 0 Å². The minimum Gasteiger partial charge on any atom is -0.393 e. The van der Waals surface area contributed by atoms with Gasteiger partial charge in [-0.2, -0.15) is 5.10 Å². The van der Waals surface area contributed by atoms with Crippen LogP contribution in [0.5, 0.6) is 0 Å². The maximum Gasteiger partial charge on any atom is 0.307 e. The minimum atomic E-state index is -0.443. The highest BCUT2D eigenvalue weighted by atomic mass is 16.6. The molecule has 1 saturated carbocycles. The molecule has 0 aliphatic heterocycles. The number of rotatable bonds is 2. The summed E-state index contributed by atoms with van der Waals surface area (Å²) in [7, 11) is 0. The molecule has 0 radical (unpaired) electrons. The Morgan fingerprint density at radius 2 is 2.13 bits per heavy atom. The lowest BCUT2D eigenvalue weighted by Gasteiger charge is -2.25. The molecule has 15 heavy (non-hydrogen) atoms. The Bertz CT molecular complexity index is 355. The van der Waals surface area contributed by atoms with E-state index in [1.165, 1.54) is 12.4 Å². The average molecular weight is 211 g/mol. The molecule has 0 atom stereocenters. The minimum absolute atomic E-state index is 0.0288. The molecule has 1 aromatic heterocycles. The second kappa shape index (κ2) is 3.98. The molecule has 0 unspecified atom stereocenters. The van der Waals surface area contributed by atoms with Crippen molar-refractivity contribution >= 4 is 5.69 Å². The van der Waals surface area contributed by atoms with Crippen LogP contribution in [0.3, 0.4) is 0 Å². The third kappa shape index (κ3) is 2.15. The topological polar surface area (TPSA) is 81.2 Å². The number of nitro groups is 1. The van der Waals surface area contributed by atoms with Crippen molar-refractivity contribution < 1.29 is 10.0 Å². The predicted octanol–water partition coefficient (Wildman–Crippen LogP) is 1.27. The van der Waals surface area contributed by atoms with Gasteiger partial charge in [0.15, 0.2) is 0 Å². The summed E-state index contributed by atoms with van der Waals surface area (Å²) in [5, 5.41) is 23.8. The predicted molar refractivity (Wildman–Crippen MR) is 52.4 cm³/mol. The van der Waals surface area contributed by atoms with E-state index in [0.29, 0.717) is 0 Å². The molecule has 2 rings (SSSR count). The van der Waals surface area contributed by atoms with Gasteiger partial charge in [0.05, 0.1) is 17.1 Å². The Balaban J connectivity index is 2.06. The van der Waals surface area contributed by atoms with Gasteiger partial charge in [0.1, 0.15) is 12.4 Å². The zero-order valence-electron chi connectivity index (χ0n) is 8.24. The number of hydrogen-bond acceptors (Lipinski definition) is 4. The maximum atomic E-state index is 10.5. The van der Waals surface area contributed by atoms with Gasteiger partial charge in [0, 0.05) is 0 Å². The van der Waals surface area contributed by atoms with Gasteiger partial charge >= 0.3 is 5.69 Å². The molecule has 1 aromatic rings. The molecule has 6 heteroatoms. The van der Waals surface area contributed by atoms with Crippen LogP contribution in [-0.4, -0.2) is 25.9 Å². The summed E-state index contributed by atoms with van der Waals surface area (Å²) < 4.78 is 1.64. The molecular weight excluding hydrogens is 198 g/mol. The lowest BCUT2D eigenvalue weighted by molar-refractivity contribution is -0.385. The number of aliphatic hydroxyl groups is 1. The van der Waals surface area contributed by atoms with Crippen LogP contribution in [0, 0.1) is 10.1 Å². The smallest absolute Gasteiger partial charge is 0.307 e. The van der Waals surface area contributed by atoms with Crippen molar-refractivity contribution in [3.05, 3.63) is 22.5 Å². The largest absolute Gasteiger partial charge is 0.393 e. The van der Waals surface area contributed by atoms with Crippen molar-refractivity contribution in [3.63, 3.8) is 0 Å². The molecule has 0 aromatic carbocycles. The zero-order valence-corrected chi connectivity index (χ0v) is 8.24. The highest BCUT2D eigenvalue weighted by Crippen LogP contribution is 2.28. The van der Waals surface area contributed by atoms with Crippen molar-refractivity contribution in [1.29, 1.82) is 0 Å². The van der Waals surface area contributed by atoms with Crippen LogP contribution in [-0.2, 0) is 0 Å². The standard InChI is InChI=1S/C9H13N3O3/c13-9-3-1-7(2-4-9)11-6-8(5-10-11)12(14)15/h5-7,9,13H,1-4H2/t7-,9-. The van der Waals surface area contributed by atoms with E-state index in [1.54, 1.807) is 4.68 Å². The lowest BCUT2D eigenvalue weighted by atomic mass is 9.93. The van der Waals surface area contributed by atoms with Crippen molar-refractivity contribution in [2.45, 2.75) is 37.8 Å². The van der Waals surface area contributed by atoms with E-state index in [0.717, 1.165) is 25.7 Å².